The number of carbonyl (C=O) groups is 1. The summed E-state index contributed by atoms with van der Waals surface area (Å²) in [5.74, 6) is -0.204. The maximum Gasteiger partial charge on any atom is 0.269 e. The Labute approximate surface area is 167 Å². The molecule has 5 atom stereocenters. The average molecular weight is 414 g/mol. The summed E-state index contributed by atoms with van der Waals surface area (Å²) in [5, 5.41) is 51.6. The van der Waals surface area contributed by atoms with Gasteiger partial charge >= 0.3 is 0 Å². The van der Waals surface area contributed by atoms with E-state index in [9.17, 15) is 30.2 Å². The van der Waals surface area contributed by atoms with Crippen LogP contribution in [0, 0.1) is 10.1 Å². The summed E-state index contributed by atoms with van der Waals surface area (Å²) < 4.78 is 10.5. The number of aliphatic hydroxyl groups is 4. The van der Waals surface area contributed by atoms with Crippen molar-refractivity contribution in [3.63, 3.8) is 0 Å². The fourth-order valence-electron chi connectivity index (χ4n) is 2.90. The van der Waals surface area contributed by atoms with E-state index in [2.05, 4.69) is 5.32 Å². The Morgan fingerprint density at radius 3 is 2.48 bits per heavy atom. The number of carbonyl (C=O) groups excluding carboxylic acids is 1. The van der Waals surface area contributed by atoms with E-state index >= 15 is 0 Å². The molecular formula is C18H26N2O9. The smallest absolute Gasteiger partial charge is 0.269 e. The molecule has 1 aliphatic rings. The molecule has 2 rings (SSSR count). The number of nitro groups is 1. The monoisotopic (exact) mass is 414 g/mol. The predicted octanol–water partition coefficient (Wildman–Crippen LogP) is -1.15. The number of aliphatic hydroxyl groups excluding tert-OH is 4. The van der Waals surface area contributed by atoms with Crippen LogP contribution in [0.25, 0.3) is 0 Å². The van der Waals surface area contributed by atoms with Gasteiger partial charge in [0, 0.05) is 25.1 Å². The van der Waals surface area contributed by atoms with Crippen LogP contribution in [-0.4, -0.2) is 81.7 Å². The topological polar surface area (TPSA) is 172 Å². The molecule has 0 radical (unpaired) electrons. The summed E-state index contributed by atoms with van der Waals surface area (Å²) in [6, 6.07) is 6.16. The Balaban J connectivity index is 1.62. The fraction of sp³-hybridized carbons (Fsp3) is 0.611. The number of rotatable bonds is 10. The number of nitrogens with one attached hydrogen (secondary N) is 1. The largest absolute Gasteiger partial charge is 0.394 e. The second kappa shape index (κ2) is 11.1. The quantitative estimate of drug-likeness (QED) is 0.180. The van der Waals surface area contributed by atoms with Gasteiger partial charge in [0.25, 0.3) is 5.69 Å². The molecule has 0 spiro atoms. The van der Waals surface area contributed by atoms with Crippen LogP contribution in [0.3, 0.4) is 0 Å². The third kappa shape index (κ3) is 6.70. The molecule has 11 heteroatoms. The lowest BCUT2D eigenvalue weighted by molar-refractivity contribution is -0.384. The highest BCUT2D eigenvalue weighted by Crippen LogP contribution is 2.21. The molecule has 0 saturated carbocycles. The van der Waals surface area contributed by atoms with Crippen molar-refractivity contribution in [3.8, 4) is 0 Å². The molecule has 1 amide bonds. The molecule has 1 aliphatic heterocycles. The first-order chi connectivity index (χ1) is 13.8. The zero-order valence-electron chi connectivity index (χ0n) is 15.7. The minimum Gasteiger partial charge on any atom is -0.394 e. The van der Waals surface area contributed by atoms with Gasteiger partial charge in [-0.15, -0.1) is 0 Å². The molecule has 1 saturated heterocycles. The Morgan fingerprint density at radius 2 is 1.86 bits per heavy atom. The normalized spacial score (nSPS) is 26.8. The van der Waals surface area contributed by atoms with E-state index in [1.165, 1.54) is 12.1 Å². The van der Waals surface area contributed by atoms with E-state index in [0.717, 1.165) is 5.56 Å². The Morgan fingerprint density at radius 1 is 1.17 bits per heavy atom. The first-order valence-corrected chi connectivity index (χ1v) is 9.25. The zero-order valence-corrected chi connectivity index (χ0v) is 15.7. The van der Waals surface area contributed by atoms with E-state index in [1.54, 1.807) is 12.1 Å². The average Bonchev–Trinajstić information content (AvgIpc) is 2.71. The lowest BCUT2D eigenvalue weighted by Crippen LogP contribution is -2.59. The maximum absolute atomic E-state index is 11.8. The van der Waals surface area contributed by atoms with Gasteiger partial charge in [-0.2, -0.15) is 0 Å². The van der Waals surface area contributed by atoms with Gasteiger partial charge in [0.2, 0.25) is 5.91 Å². The van der Waals surface area contributed by atoms with Gasteiger partial charge < -0.3 is 35.2 Å². The van der Waals surface area contributed by atoms with Crippen LogP contribution >= 0.6 is 0 Å². The van der Waals surface area contributed by atoms with Crippen molar-refractivity contribution in [2.75, 3.05) is 19.8 Å². The molecule has 1 aromatic carbocycles. The molecule has 0 bridgehead atoms. The number of aryl methyl sites for hydroxylation is 1. The van der Waals surface area contributed by atoms with E-state index in [1.807, 2.05) is 0 Å². The van der Waals surface area contributed by atoms with Crippen molar-refractivity contribution in [2.45, 2.75) is 50.0 Å². The standard InChI is InChI=1S/C18H26N2O9/c21-10-13-15(23)16(24)17(25)18(29-13)28-9-8-19-14(22)3-1-2-11-4-6-12(7-5-11)20(26)27/h4-7,13,15-18,21,23-25H,1-3,8-10H2,(H,19,22)/t13-,15+,16+,17-,18-/m1/s1. The minimum absolute atomic E-state index is 0.00319. The van der Waals surface area contributed by atoms with Crippen LogP contribution in [-0.2, 0) is 20.7 Å². The van der Waals surface area contributed by atoms with Crippen LogP contribution in [0.4, 0.5) is 5.69 Å². The molecule has 1 fully saturated rings. The zero-order chi connectivity index (χ0) is 21.4. The number of nitro benzene ring substituents is 1. The van der Waals surface area contributed by atoms with Crippen LogP contribution in [0.2, 0.25) is 0 Å². The number of hydrogen-bond acceptors (Lipinski definition) is 9. The van der Waals surface area contributed by atoms with Crippen molar-refractivity contribution >= 4 is 11.6 Å². The molecule has 11 nitrogen and oxygen atoms in total. The summed E-state index contributed by atoms with van der Waals surface area (Å²) in [7, 11) is 0. The van der Waals surface area contributed by atoms with E-state index in [4.69, 9.17) is 14.6 Å². The summed E-state index contributed by atoms with van der Waals surface area (Å²) in [5.41, 5.74) is 0.917. The summed E-state index contributed by atoms with van der Waals surface area (Å²) in [6.45, 7) is -0.404. The van der Waals surface area contributed by atoms with Gasteiger partial charge in [-0.05, 0) is 18.4 Å². The van der Waals surface area contributed by atoms with Crippen molar-refractivity contribution in [1.82, 2.24) is 5.32 Å². The molecule has 0 aliphatic carbocycles. The SMILES string of the molecule is O=C(CCCc1ccc([N+](=O)[O-])cc1)NCCO[C@@H]1O[C@H](CO)[C@H](O)[C@H](O)[C@H]1O. The maximum atomic E-state index is 11.8. The number of benzene rings is 1. The molecule has 5 N–H and O–H groups in total. The van der Waals surface area contributed by atoms with Gasteiger partial charge in [0.05, 0.1) is 18.1 Å². The second-order valence-electron chi connectivity index (χ2n) is 6.70. The van der Waals surface area contributed by atoms with Gasteiger partial charge in [-0.3, -0.25) is 14.9 Å². The third-order valence-corrected chi connectivity index (χ3v) is 4.57. The van der Waals surface area contributed by atoms with Crippen molar-refractivity contribution in [3.05, 3.63) is 39.9 Å². The van der Waals surface area contributed by atoms with E-state index in [0.29, 0.717) is 12.8 Å². The van der Waals surface area contributed by atoms with E-state index in [-0.39, 0.29) is 31.2 Å². The lowest BCUT2D eigenvalue weighted by Gasteiger charge is -2.39. The highest BCUT2D eigenvalue weighted by Gasteiger charge is 2.43. The first kappa shape index (κ1) is 23.1. The number of ether oxygens (including phenoxy) is 2. The predicted molar refractivity (Wildman–Crippen MR) is 98.8 cm³/mol. The van der Waals surface area contributed by atoms with Gasteiger partial charge in [-0.25, -0.2) is 0 Å². The van der Waals surface area contributed by atoms with Crippen molar-refractivity contribution in [2.24, 2.45) is 0 Å². The van der Waals surface area contributed by atoms with Crippen molar-refractivity contribution < 1.29 is 39.6 Å². The molecule has 1 heterocycles. The van der Waals surface area contributed by atoms with Crippen LogP contribution in [0.1, 0.15) is 18.4 Å². The highest BCUT2D eigenvalue weighted by atomic mass is 16.7. The Bertz CT molecular complexity index is 668. The number of nitrogens with zero attached hydrogens (tertiary/aromatic N) is 1. The number of non-ortho nitro benzene ring substituents is 1. The lowest BCUT2D eigenvalue weighted by atomic mass is 9.99. The number of amides is 1. The second-order valence-corrected chi connectivity index (χ2v) is 6.70. The fourth-order valence-corrected chi connectivity index (χ4v) is 2.90. The first-order valence-electron chi connectivity index (χ1n) is 9.25. The molecular weight excluding hydrogens is 388 g/mol. The summed E-state index contributed by atoms with van der Waals surface area (Å²) in [6.07, 6.45) is -5.30. The molecule has 29 heavy (non-hydrogen) atoms. The minimum atomic E-state index is -1.51. The third-order valence-electron chi connectivity index (χ3n) is 4.57. The molecule has 162 valence electrons. The van der Waals surface area contributed by atoms with E-state index < -0.39 is 42.2 Å². The molecule has 0 unspecified atom stereocenters. The number of hydrogen-bond donors (Lipinski definition) is 5. The summed E-state index contributed by atoms with van der Waals surface area (Å²) >= 11 is 0. The van der Waals surface area contributed by atoms with Gasteiger partial charge in [0.1, 0.15) is 24.4 Å². The highest BCUT2D eigenvalue weighted by molar-refractivity contribution is 5.75. The molecule has 0 aromatic heterocycles. The van der Waals surface area contributed by atoms with Crippen LogP contribution in [0.15, 0.2) is 24.3 Å². The van der Waals surface area contributed by atoms with Crippen LogP contribution in [0.5, 0.6) is 0 Å². The van der Waals surface area contributed by atoms with Crippen LogP contribution < -0.4 is 5.32 Å². The molecule has 1 aromatic rings. The van der Waals surface area contributed by atoms with Crippen molar-refractivity contribution in [1.29, 1.82) is 0 Å². The van der Waals surface area contributed by atoms with Gasteiger partial charge in [0.15, 0.2) is 6.29 Å². The summed E-state index contributed by atoms with van der Waals surface area (Å²) in [4.78, 5) is 22.0. The Kier molecular flexibility index (Phi) is 8.89. The Hall–Kier alpha value is -2.15. The van der Waals surface area contributed by atoms with Gasteiger partial charge in [-0.1, -0.05) is 12.1 Å².